The molecule has 0 atom stereocenters. The third kappa shape index (κ3) is 3.64. The van der Waals surface area contributed by atoms with Crippen molar-refractivity contribution in [2.75, 3.05) is 5.32 Å². The van der Waals surface area contributed by atoms with E-state index in [0.29, 0.717) is 11.3 Å². The molecule has 0 spiro atoms. The molecule has 7 heteroatoms. The topological polar surface area (TPSA) is 66.3 Å². The minimum atomic E-state index is -0.454. The van der Waals surface area contributed by atoms with Crippen LogP contribution in [0, 0.1) is 5.82 Å². The predicted octanol–water partition coefficient (Wildman–Crippen LogP) is 3.20. The number of amides is 1. The van der Waals surface area contributed by atoms with Crippen LogP contribution in [0.5, 0.6) is 0 Å². The number of carbonyl (C=O) groups excluding carboxylic acids is 1. The van der Waals surface area contributed by atoms with Crippen LogP contribution in [-0.2, 0) is 0 Å². The van der Waals surface area contributed by atoms with E-state index in [9.17, 15) is 9.18 Å². The Bertz CT molecular complexity index is 828. The van der Waals surface area contributed by atoms with Crippen LogP contribution in [0.3, 0.4) is 0 Å². The molecule has 1 amide bonds. The normalized spacial score (nSPS) is 10.3. The lowest BCUT2D eigenvalue weighted by atomic mass is 10.2. The van der Waals surface area contributed by atoms with Gasteiger partial charge in [-0.05, 0) is 48.6 Å². The van der Waals surface area contributed by atoms with Gasteiger partial charge in [0.15, 0.2) is 10.9 Å². The highest BCUT2D eigenvalue weighted by Crippen LogP contribution is 2.18. The van der Waals surface area contributed by atoms with Crippen molar-refractivity contribution < 1.29 is 13.6 Å². The molecule has 0 saturated carbocycles. The summed E-state index contributed by atoms with van der Waals surface area (Å²) in [6.45, 7) is 0. The molecule has 0 aliphatic rings. The number of carbonyl (C=O) groups is 1. The van der Waals surface area contributed by atoms with Crippen molar-refractivity contribution in [1.82, 2.24) is 10.9 Å². The van der Waals surface area contributed by atoms with Crippen LogP contribution in [0.4, 0.5) is 10.1 Å². The lowest BCUT2D eigenvalue weighted by molar-refractivity contribution is 0.0918. The predicted molar refractivity (Wildman–Crippen MR) is 89.4 cm³/mol. The van der Waals surface area contributed by atoms with Crippen molar-refractivity contribution in [1.29, 1.82) is 0 Å². The molecule has 0 unspecified atom stereocenters. The maximum atomic E-state index is 12.8. The molecule has 0 aliphatic heterocycles. The van der Waals surface area contributed by atoms with E-state index in [1.165, 1.54) is 24.3 Å². The number of benzene rings is 2. The lowest BCUT2D eigenvalue weighted by Crippen LogP contribution is -2.43. The number of fused-ring (bicyclic) bond motifs is 1. The van der Waals surface area contributed by atoms with Gasteiger partial charge in [0.25, 0.3) is 0 Å². The van der Waals surface area contributed by atoms with Gasteiger partial charge in [0.2, 0.25) is 0 Å². The van der Waals surface area contributed by atoms with Gasteiger partial charge in [0.1, 0.15) is 11.4 Å². The third-order valence-electron chi connectivity index (χ3n) is 3.04. The maximum absolute atomic E-state index is 12.8. The van der Waals surface area contributed by atoms with Gasteiger partial charge >= 0.3 is 5.91 Å². The molecule has 1 heterocycles. The number of nitrogens with one attached hydrogen (secondary N) is 3. The molecule has 23 heavy (non-hydrogen) atoms. The summed E-state index contributed by atoms with van der Waals surface area (Å²) >= 11 is 5.04. The molecule has 5 nitrogen and oxygen atoms in total. The van der Waals surface area contributed by atoms with Gasteiger partial charge in [-0.25, -0.2) is 4.39 Å². The Kier molecular flexibility index (Phi) is 4.20. The van der Waals surface area contributed by atoms with Crippen LogP contribution in [-0.4, -0.2) is 11.0 Å². The van der Waals surface area contributed by atoms with E-state index in [1.54, 1.807) is 12.1 Å². The van der Waals surface area contributed by atoms with E-state index in [0.717, 1.165) is 5.39 Å². The number of rotatable bonds is 2. The lowest BCUT2D eigenvalue weighted by Gasteiger charge is -2.10. The molecular weight excluding hydrogens is 317 g/mol. The summed E-state index contributed by atoms with van der Waals surface area (Å²) in [7, 11) is 0. The minimum absolute atomic E-state index is 0.168. The molecule has 3 aromatic rings. The van der Waals surface area contributed by atoms with Gasteiger partial charge in [0, 0.05) is 11.1 Å². The number of anilines is 1. The summed E-state index contributed by atoms with van der Waals surface area (Å²) in [6.07, 6.45) is 0. The van der Waals surface area contributed by atoms with Crippen molar-refractivity contribution in [2.24, 2.45) is 0 Å². The first-order chi connectivity index (χ1) is 11.1. The van der Waals surface area contributed by atoms with E-state index in [1.807, 2.05) is 18.2 Å². The largest absolute Gasteiger partial charge is 0.451 e. The molecule has 0 bridgehead atoms. The molecule has 0 aliphatic carbocycles. The van der Waals surface area contributed by atoms with Gasteiger partial charge in [0.05, 0.1) is 0 Å². The molecule has 0 fully saturated rings. The number of hydrazine groups is 1. The number of furan rings is 1. The number of hydrogen-bond acceptors (Lipinski definition) is 3. The highest BCUT2D eigenvalue weighted by atomic mass is 32.1. The highest BCUT2D eigenvalue weighted by molar-refractivity contribution is 7.80. The van der Waals surface area contributed by atoms with Crippen LogP contribution in [0.2, 0.25) is 0 Å². The highest BCUT2D eigenvalue weighted by Gasteiger charge is 2.12. The van der Waals surface area contributed by atoms with Crippen molar-refractivity contribution in [3.05, 3.63) is 66.2 Å². The van der Waals surface area contributed by atoms with Crippen molar-refractivity contribution in [3.63, 3.8) is 0 Å². The van der Waals surface area contributed by atoms with Gasteiger partial charge in [-0.1, -0.05) is 18.2 Å². The van der Waals surface area contributed by atoms with Crippen LogP contribution in [0.1, 0.15) is 10.6 Å². The van der Waals surface area contributed by atoms with Crippen LogP contribution in [0.25, 0.3) is 11.0 Å². The van der Waals surface area contributed by atoms with Gasteiger partial charge in [-0.2, -0.15) is 0 Å². The monoisotopic (exact) mass is 329 g/mol. The van der Waals surface area contributed by atoms with Crippen LogP contribution in [0.15, 0.2) is 59.0 Å². The Morgan fingerprint density at radius 1 is 1.04 bits per heavy atom. The Balaban J connectivity index is 1.57. The molecule has 3 N–H and O–H groups in total. The van der Waals surface area contributed by atoms with Gasteiger partial charge < -0.3 is 9.73 Å². The number of halogens is 1. The zero-order chi connectivity index (χ0) is 16.2. The fourth-order valence-electron chi connectivity index (χ4n) is 1.96. The summed E-state index contributed by atoms with van der Waals surface area (Å²) in [5.74, 6) is -0.625. The Morgan fingerprint density at radius 3 is 2.52 bits per heavy atom. The first kappa shape index (κ1) is 15.0. The number of hydrogen-bond donors (Lipinski definition) is 3. The zero-order valence-electron chi connectivity index (χ0n) is 11.8. The zero-order valence-corrected chi connectivity index (χ0v) is 12.6. The van der Waals surface area contributed by atoms with E-state index >= 15 is 0 Å². The molecule has 2 aromatic carbocycles. The molecule has 116 valence electrons. The third-order valence-corrected chi connectivity index (χ3v) is 3.25. The molecule has 0 radical (unpaired) electrons. The van der Waals surface area contributed by atoms with E-state index in [4.69, 9.17) is 16.6 Å². The smallest absolute Gasteiger partial charge is 0.305 e. The number of para-hydroxylation sites is 1. The second kappa shape index (κ2) is 6.45. The summed E-state index contributed by atoms with van der Waals surface area (Å²) in [5, 5.41) is 3.82. The van der Waals surface area contributed by atoms with Crippen molar-refractivity contribution in [3.8, 4) is 0 Å². The summed E-state index contributed by atoms with van der Waals surface area (Å²) in [6, 6.07) is 14.6. The van der Waals surface area contributed by atoms with E-state index in [-0.39, 0.29) is 16.7 Å². The summed E-state index contributed by atoms with van der Waals surface area (Å²) in [5.41, 5.74) is 6.21. The Hall–Kier alpha value is -2.93. The van der Waals surface area contributed by atoms with Gasteiger partial charge in [-0.15, -0.1) is 0 Å². The average Bonchev–Trinajstić information content (AvgIpc) is 2.99. The number of thiocarbonyl (C=S) groups is 1. The first-order valence-electron chi connectivity index (χ1n) is 6.73. The average molecular weight is 329 g/mol. The van der Waals surface area contributed by atoms with Crippen molar-refractivity contribution in [2.45, 2.75) is 0 Å². The molecule has 1 aromatic heterocycles. The second-order valence-electron chi connectivity index (χ2n) is 4.69. The maximum Gasteiger partial charge on any atom is 0.305 e. The SMILES string of the molecule is O=C(NNC(=S)Nc1ccc(F)cc1)c1cc2ccccc2o1. The summed E-state index contributed by atoms with van der Waals surface area (Å²) < 4.78 is 18.2. The van der Waals surface area contributed by atoms with Crippen LogP contribution < -0.4 is 16.2 Å². The summed E-state index contributed by atoms with van der Waals surface area (Å²) in [4.78, 5) is 12.0. The second-order valence-corrected chi connectivity index (χ2v) is 5.10. The first-order valence-corrected chi connectivity index (χ1v) is 7.14. The van der Waals surface area contributed by atoms with Gasteiger partial charge in [-0.3, -0.25) is 15.6 Å². The van der Waals surface area contributed by atoms with E-state index < -0.39 is 5.91 Å². The minimum Gasteiger partial charge on any atom is -0.451 e. The Labute approximate surface area is 136 Å². The quantitative estimate of drug-likeness (QED) is 0.498. The fourth-order valence-corrected chi connectivity index (χ4v) is 2.13. The van der Waals surface area contributed by atoms with Crippen LogP contribution >= 0.6 is 12.2 Å². The molecule has 3 rings (SSSR count). The van der Waals surface area contributed by atoms with E-state index in [2.05, 4.69) is 16.2 Å². The molecular formula is C16H12FN3O2S. The fraction of sp³-hybridized carbons (Fsp3) is 0. The Morgan fingerprint density at radius 2 is 1.78 bits per heavy atom. The molecule has 0 saturated heterocycles. The standard InChI is InChI=1S/C16H12FN3O2S/c17-11-5-7-12(8-6-11)18-16(23)20-19-15(21)14-9-10-3-1-2-4-13(10)22-14/h1-9H,(H,19,21)(H2,18,20,23). The van der Waals surface area contributed by atoms with Crippen molar-refractivity contribution >= 4 is 39.9 Å².